The summed E-state index contributed by atoms with van der Waals surface area (Å²) in [7, 11) is -4.88. The molecule has 0 aliphatic heterocycles. The van der Waals surface area contributed by atoms with Crippen molar-refractivity contribution in [3.05, 3.63) is 29.5 Å². The van der Waals surface area contributed by atoms with Gasteiger partial charge in [-0.15, -0.1) is 0 Å². The first-order valence-electron chi connectivity index (χ1n) is 4.05. The van der Waals surface area contributed by atoms with Gasteiger partial charge in [-0.05, 0) is 0 Å². The zero-order valence-corrected chi connectivity index (χ0v) is 8.58. The lowest BCUT2D eigenvalue weighted by atomic mass is 10.2. The molecular weight excluding hydrogens is 266 g/mol. The molecule has 2 rings (SSSR count). The van der Waals surface area contributed by atoms with Crippen molar-refractivity contribution in [2.45, 2.75) is 4.90 Å². The van der Waals surface area contributed by atoms with Gasteiger partial charge in [-0.2, -0.15) is 8.42 Å². The van der Waals surface area contributed by atoms with Gasteiger partial charge in [0.25, 0.3) is 10.1 Å². The molecule has 92 valence electrons. The van der Waals surface area contributed by atoms with Crippen LogP contribution in [0.3, 0.4) is 0 Å². The van der Waals surface area contributed by atoms with E-state index in [0.29, 0.717) is 6.20 Å². The molecule has 0 radical (unpaired) electrons. The monoisotopic (exact) mass is 269 g/mol. The van der Waals surface area contributed by atoms with E-state index in [0.717, 1.165) is 0 Å². The molecule has 0 unspecified atom stereocenters. The number of aromatic nitrogens is 1. The number of hydrogen-bond acceptors (Lipinski definition) is 2. The minimum absolute atomic E-state index is 0.533. The Labute approximate surface area is 91.6 Å². The summed E-state index contributed by atoms with van der Waals surface area (Å²) in [6.07, 6.45) is 0.533. The number of hydrogen-bond donors (Lipinski definition) is 2. The Hall–Kier alpha value is -1.61. The Morgan fingerprint density at radius 3 is 2.06 bits per heavy atom. The van der Waals surface area contributed by atoms with Gasteiger partial charge in [0, 0.05) is 6.20 Å². The van der Waals surface area contributed by atoms with Crippen molar-refractivity contribution in [2.75, 3.05) is 0 Å². The maximum atomic E-state index is 13.3. The van der Waals surface area contributed by atoms with E-state index in [1.165, 1.54) is 0 Å². The first kappa shape index (κ1) is 11.9. The summed E-state index contributed by atoms with van der Waals surface area (Å²) in [5.74, 6) is -7.89. The Kier molecular flexibility index (Phi) is 2.40. The second-order valence-electron chi connectivity index (χ2n) is 3.13. The smallest absolute Gasteiger partial charge is 0.296 e. The normalized spacial score (nSPS) is 12.3. The average Bonchev–Trinajstić information content (AvgIpc) is 2.67. The molecule has 0 atom stereocenters. The molecule has 0 bridgehead atoms. The van der Waals surface area contributed by atoms with E-state index in [4.69, 9.17) is 4.55 Å². The predicted molar refractivity (Wildman–Crippen MR) is 47.9 cm³/mol. The van der Waals surface area contributed by atoms with Crippen molar-refractivity contribution < 1.29 is 30.5 Å². The number of fused-ring (bicyclic) bond motifs is 1. The Bertz CT molecular complexity index is 722. The number of nitrogens with one attached hydrogen (secondary N) is 1. The highest BCUT2D eigenvalue weighted by atomic mass is 32.2. The van der Waals surface area contributed by atoms with Crippen LogP contribution >= 0.6 is 0 Å². The van der Waals surface area contributed by atoms with Gasteiger partial charge < -0.3 is 4.98 Å². The fourth-order valence-electron chi connectivity index (χ4n) is 1.41. The average molecular weight is 269 g/mol. The largest absolute Gasteiger partial charge is 0.357 e. The third-order valence-corrected chi connectivity index (χ3v) is 3.02. The number of aromatic amines is 1. The van der Waals surface area contributed by atoms with Crippen LogP contribution < -0.4 is 0 Å². The van der Waals surface area contributed by atoms with Gasteiger partial charge in [0.1, 0.15) is 4.90 Å². The second kappa shape index (κ2) is 3.44. The highest BCUT2D eigenvalue weighted by Gasteiger charge is 2.27. The minimum Gasteiger partial charge on any atom is -0.357 e. The van der Waals surface area contributed by atoms with Crippen LogP contribution in [-0.2, 0) is 10.1 Å². The molecule has 1 aromatic heterocycles. The molecule has 9 heteroatoms. The van der Waals surface area contributed by atoms with Crippen LogP contribution in [0.4, 0.5) is 17.6 Å². The molecule has 0 saturated carbocycles. The molecule has 17 heavy (non-hydrogen) atoms. The van der Waals surface area contributed by atoms with Crippen LogP contribution in [-0.4, -0.2) is 18.0 Å². The van der Waals surface area contributed by atoms with Gasteiger partial charge in [-0.25, -0.2) is 17.6 Å². The van der Waals surface area contributed by atoms with E-state index in [2.05, 4.69) is 0 Å². The molecule has 2 N–H and O–H groups in total. The molecule has 4 nitrogen and oxygen atoms in total. The molecule has 0 aliphatic rings. The van der Waals surface area contributed by atoms with E-state index >= 15 is 0 Å². The van der Waals surface area contributed by atoms with Crippen LogP contribution in [0.1, 0.15) is 0 Å². The van der Waals surface area contributed by atoms with Gasteiger partial charge in [-0.3, -0.25) is 4.55 Å². The van der Waals surface area contributed by atoms with Gasteiger partial charge in [0.05, 0.1) is 10.9 Å². The van der Waals surface area contributed by atoms with Gasteiger partial charge >= 0.3 is 0 Å². The molecule has 0 saturated heterocycles. The quantitative estimate of drug-likeness (QED) is 0.360. The number of H-pyrrole nitrogens is 1. The van der Waals surface area contributed by atoms with E-state index in [1.807, 2.05) is 4.98 Å². The van der Waals surface area contributed by atoms with Crippen molar-refractivity contribution in [1.29, 1.82) is 0 Å². The van der Waals surface area contributed by atoms with Crippen molar-refractivity contribution in [3.63, 3.8) is 0 Å². The molecule has 0 amide bonds. The Morgan fingerprint density at radius 2 is 1.53 bits per heavy atom. The topological polar surface area (TPSA) is 70.2 Å². The minimum atomic E-state index is -4.88. The number of benzene rings is 1. The lowest BCUT2D eigenvalue weighted by Gasteiger charge is -2.01. The summed E-state index contributed by atoms with van der Waals surface area (Å²) in [4.78, 5) is 0.844. The van der Waals surface area contributed by atoms with E-state index < -0.39 is 49.2 Å². The van der Waals surface area contributed by atoms with E-state index in [-0.39, 0.29) is 0 Å². The standard InChI is InChI=1S/C8H3F4NO3S/c9-4-3-2(17(14,15)16)1-13-8(3)7(12)6(11)5(4)10/h1,13H,(H,14,15,16). The first-order chi connectivity index (χ1) is 7.75. The third-order valence-electron chi connectivity index (χ3n) is 2.14. The third kappa shape index (κ3) is 1.58. The molecule has 1 heterocycles. The van der Waals surface area contributed by atoms with Gasteiger partial charge in [0.2, 0.25) is 0 Å². The summed E-state index contributed by atoms with van der Waals surface area (Å²) in [6, 6.07) is 0. The fourth-order valence-corrected chi connectivity index (χ4v) is 2.07. The van der Waals surface area contributed by atoms with Crippen molar-refractivity contribution in [3.8, 4) is 0 Å². The van der Waals surface area contributed by atoms with Crippen molar-refractivity contribution >= 4 is 21.0 Å². The Morgan fingerprint density at radius 1 is 1.00 bits per heavy atom. The van der Waals surface area contributed by atoms with Crippen LogP contribution in [0.5, 0.6) is 0 Å². The summed E-state index contributed by atoms with van der Waals surface area (Å²) >= 11 is 0. The summed E-state index contributed by atoms with van der Waals surface area (Å²) in [5, 5.41) is -1.07. The van der Waals surface area contributed by atoms with E-state index in [9.17, 15) is 26.0 Å². The van der Waals surface area contributed by atoms with Gasteiger partial charge in [0.15, 0.2) is 23.3 Å². The highest BCUT2D eigenvalue weighted by molar-refractivity contribution is 7.86. The first-order valence-corrected chi connectivity index (χ1v) is 5.49. The molecular formula is C8H3F4NO3S. The van der Waals surface area contributed by atoms with Crippen molar-refractivity contribution in [1.82, 2.24) is 4.98 Å². The molecule has 1 aromatic carbocycles. The summed E-state index contributed by atoms with van der Waals surface area (Å²) in [6.45, 7) is 0. The van der Waals surface area contributed by atoms with E-state index in [1.54, 1.807) is 0 Å². The summed E-state index contributed by atoms with van der Waals surface area (Å²) < 4.78 is 82.4. The molecule has 2 aromatic rings. The van der Waals surface area contributed by atoms with Crippen LogP contribution in [0.2, 0.25) is 0 Å². The Balaban J connectivity index is 3.06. The SMILES string of the molecule is O=S(=O)(O)c1c[nH]c2c(F)c(F)c(F)c(F)c12. The summed E-state index contributed by atoms with van der Waals surface area (Å²) in [5.41, 5.74) is -0.881. The maximum absolute atomic E-state index is 13.3. The maximum Gasteiger partial charge on any atom is 0.296 e. The lowest BCUT2D eigenvalue weighted by molar-refractivity contribution is 0.417. The number of rotatable bonds is 1. The van der Waals surface area contributed by atoms with Gasteiger partial charge in [-0.1, -0.05) is 0 Å². The predicted octanol–water partition coefficient (Wildman–Crippen LogP) is 1.97. The molecule has 0 spiro atoms. The highest BCUT2D eigenvalue weighted by Crippen LogP contribution is 2.30. The fraction of sp³-hybridized carbons (Fsp3) is 0. The van der Waals surface area contributed by atoms with Crippen LogP contribution in [0.15, 0.2) is 11.1 Å². The molecule has 0 aliphatic carbocycles. The molecule has 0 fully saturated rings. The zero-order chi connectivity index (χ0) is 13.0. The zero-order valence-electron chi connectivity index (χ0n) is 7.76. The van der Waals surface area contributed by atoms with Crippen LogP contribution in [0, 0.1) is 23.3 Å². The lowest BCUT2D eigenvalue weighted by Crippen LogP contribution is -2.01. The number of halogens is 4. The second-order valence-corrected chi connectivity index (χ2v) is 4.52. The van der Waals surface area contributed by atoms with Crippen molar-refractivity contribution in [2.24, 2.45) is 0 Å². The van der Waals surface area contributed by atoms with Crippen LogP contribution in [0.25, 0.3) is 10.9 Å².